The van der Waals surface area contributed by atoms with Crippen molar-refractivity contribution in [3.63, 3.8) is 0 Å². The predicted octanol–water partition coefficient (Wildman–Crippen LogP) is 2.85. The van der Waals surface area contributed by atoms with E-state index < -0.39 is 5.97 Å². The number of carboxylic acids is 1. The third kappa shape index (κ3) is 1.65. The summed E-state index contributed by atoms with van der Waals surface area (Å²) in [5, 5.41) is 10.3. The van der Waals surface area contributed by atoms with Gasteiger partial charge in [-0.25, -0.2) is 4.79 Å². The van der Waals surface area contributed by atoms with Crippen molar-refractivity contribution in [3.05, 3.63) is 28.4 Å². The van der Waals surface area contributed by atoms with Crippen LogP contribution in [-0.4, -0.2) is 22.8 Å². The van der Waals surface area contributed by atoms with Gasteiger partial charge in [-0.2, -0.15) is 0 Å². The van der Waals surface area contributed by atoms with Gasteiger partial charge >= 0.3 is 5.97 Å². The number of hydrogen-bond donors (Lipinski definition) is 1. The SMILES string of the molecule is COc1cc2c(C(=O)O)c(C)n(C)c2cc1Cl. The molecular formula is C12H12ClNO3. The number of methoxy groups -OCH3 is 1. The fourth-order valence-corrected chi connectivity index (χ4v) is 2.23. The number of fused-ring (bicyclic) bond motifs is 1. The van der Waals surface area contributed by atoms with Crippen LogP contribution >= 0.6 is 11.6 Å². The zero-order valence-electron chi connectivity index (χ0n) is 9.74. The molecule has 0 saturated heterocycles. The van der Waals surface area contributed by atoms with Crippen LogP contribution < -0.4 is 4.74 Å². The number of nitrogens with zero attached hydrogens (tertiary/aromatic N) is 1. The van der Waals surface area contributed by atoms with Gasteiger partial charge in [-0.3, -0.25) is 0 Å². The maximum Gasteiger partial charge on any atom is 0.338 e. The summed E-state index contributed by atoms with van der Waals surface area (Å²) in [5.41, 5.74) is 1.76. The Bertz CT molecular complexity index is 616. The minimum Gasteiger partial charge on any atom is -0.495 e. The van der Waals surface area contributed by atoms with Crippen LogP contribution in [0.25, 0.3) is 10.9 Å². The molecule has 1 heterocycles. The van der Waals surface area contributed by atoms with Gasteiger partial charge in [0.25, 0.3) is 0 Å². The van der Waals surface area contributed by atoms with E-state index in [4.69, 9.17) is 16.3 Å². The van der Waals surface area contributed by atoms with Gasteiger partial charge in [0.05, 0.1) is 23.2 Å². The largest absolute Gasteiger partial charge is 0.495 e. The monoisotopic (exact) mass is 253 g/mol. The highest BCUT2D eigenvalue weighted by molar-refractivity contribution is 6.33. The van der Waals surface area contributed by atoms with Crippen molar-refractivity contribution in [1.29, 1.82) is 0 Å². The van der Waals surface area contributed by atoms with E-state index in [0.29, 0.717) is 21.9 Å². The molecule has 0 aliphatic rings. The third-order valence-electron chi connectivity index (χ3n) is 2.98. The number of carboxylic acid groups (broad SMARTS) is 1. The summed E-state index contributed by atoms with van der Waals surface area (Å²) in [5.74, 6) is -0.468. The first kappa shape index (κ1) is 11.8. The Morgan fingerprint density at radius 1 is 1.47 bits per heavy atom. The van der Waals surface area contributed by atoms with Crippen molar-refractivity contribution in [1.82, 2.24) is 4.57 Å². The lowest BCUT2D eigenvalue weighted by molar-refractivity contribution is 0.0698. The summed E-state index contributed by atoms with van der Waals surface area (Å²) >= 11 is 6.03. The maximum atomic E-state index is 11.2. The Kier molecular flexibility index (Phi) is 2.75. The fraction of sp³-hybridized carbons (Fsp3) is 0.250. The lowest BCUT2D eigenvalue weighted by atomic mass is 10.1. The number of aromatic nitrogens is 1. The summed E-state index contributed by atoms with van der Waals surface area (Å²) in [6, 6.07) is 3.38. The van der Waals surface area contributed by atoms with Crippen LogP contribution in [0.5, 0.6) is 5.75 Å². The summed E-state index contributed by atoms with van der Waals surface area (Å²) in [4.78, 5) is 11.2. The molecule has 4 nitrogen and oxygen atoms in total. The van der Waals surface area contributed by atoms with Gasteiger partial charge in [0.15, 0.2) is 0 Å². The van der Waals surface area contributed by atoms with Gasteiger partial charge in [0, 0.05) is 18.1 Å². The number of hydrogen-bond acceptors (Lipinski definition) is 2. The van der Waals surface area contributed by atoms with Crippen LogP contribution in [0.2, 0.25) is 5.02 Å². The summed E-state index contributed by atoms with van der Waals surface area (Å²) in [6.07, 6.45) is 0. The lowest BCUT2D eigenvalue weighted by Gasteiger charge is -2.04. The summed E-state index contributed by atoms with van der Waals surface area (Å²) < 4.78 is 6.91. The van der Waals surface area contributed by atoms with Crippen LogP contribution in [0, 0.1) is 6.92 Å². The first-order chi connectivity index (χ1) is 7.97. The second-order valence-electron chi connectivity index (χ2n) is 3.83. The standard InChI is InChI=1S/C12H12ClNO3/c1-6-11(12(15)16)7-4-10(17-3)8(13)5-9(7)14(6)2/h4-5H,1-3H3,(H,15,16). The molecule has 0 unspecified atom stereocenters. The van der Waals surface area contributed by atoms with E-state index in [-0.39, 0.29) is 5.56 Å². The molecule has 1 aromatic heterocycles. The molecule has 2 aromatic rings. The molecule has 1 aromatic carbocycles. The maximum absolute atomic E-state index is 11.2. The molecule has 0 amide bonds. The van der Waals surface area contributed by atoms with Gasteiger partial charge < -0.3 is 14.4 Å². The Balaban J connectivity index is 2.91. The molecule has 0 fully saturated rings. The fourth-order valence-electron chi connectivity index (χ4n) is 1.99. The highest BCUT2D eigenvalue weighted by Gasteiger charge is 2.19. The zero-order valence-corrected chi connectivity index (χ0v) is 10.5. The molecule has 17 heavy (non-hydrogen) atoms. The molecule has 0 aliphatic heterocycles. The number of halogens is 1. The average Bonchev–Trinajstić information content (AvgIpc) is 2.51. The minimum atomic E-state index is -0.947. The number of ether oxygens (including phenoxy) is 1. The van der Waals surface area contributed by atoms with Gasteiger partial charge in [-0.05, 0) is 19.1 Å². The molecule has 2 rings (SSSR count). The van der Waals surface area contributed by atoms with Crippen molar-refractivity contribution in [3.8, 4) is 5.75 Å². The highest BCUT2D eigenvalue weighted by Crippen LogP contribution is 2.34. The molecule has 0 spiro atoms. The van der Waals surface area contributed by atoms with Crippen LogP contribution in [-0.2, 0) is 7.05 Å². The van der Waals surface area contributed by atoms with E-state index in [1.165, 1.54) is 7.11 Å². The molecule has 90 valence electrons. The molecule has 0 saturated carbocycles. The van der Waals surface area contributed by atoms with E-state index in [2.05, 4.69) is 0 Å². The van der Waals surface area contributed by atoms with E-state index in [9.17, 15) is 9.90 Å². The smallest absolute Gasteiger partial charge is 0.338 e. The van der Waals surface area contributed by atoms with Crippen molar-refractivity contribution >= 4 is 28.5 Å². The number of aryl methyl sites for hydroxylation is 1. The van der Waals surface area contributed by atoms with Crippen molar-refractivity contribution in [2.24, 2.45) is 7.05 Å². The Labute approximate surface area is 103 Å². The van der Waals surface area contributed by atoms with Crippen molar-refractivity contribution in [2.45, 2.75) is 6.92 Å². The topological polar surface area (TPSA) is 51.5 Å². The van der Waals surface area contributed by atoms with E-state index in [0.717, 1.165) is 5.52 Å². The normalized spacial score (nSPS) is 10.8. The van der Waals surface area contributed by atoms with Crippen molar-refractivity contribution < 1.29 is 14.6 Å². The first-order valence-corrected chi connectivity index (χ1v) is 5.41. The second-order valence-corrected chi connectivity index (χ2v) is 4.24. The second kappa shape index (κ2) is 3.96. The van der Waals surface area contributed by atoms with Crippen LogP contribution in [0.15, 0.2) is 12.1 Å². The Morgan fingerprint density at radius 2 is 2.12 bits per heavy atom. The average molecular weight is 254 g/mol. The highest BCUT2D eigenvalue weighted by atomic mass is 35.5. The summed E-state index contributed by atoms with van der Waals surface area (Å²) in [7, 11) is 3.32. The van der Waals surface area contributed by atoms with E-state index >= 15 is 0 Å². The quantitative estimate of drug-likeness (QED) is 0.895. The summed E-state index contributed by atoms with van der Waals surface area (Å²) in [6.45, 7) is 1.77. The number of aromatic carboxylic acids is 1. The van der Waals surface area contributed by atoms with Gasteiger partial charge in [0.1, 0.15) is 5.75 Å². The Hall–Kier alpha value is -1.68. The molecule has 0 bridgehead atoms. The van der Waals surface area contributed by atoms with Crippen LogP contribution in [0.1, 0.15) is 16.1 Å². The van der Waals surface area contributed by atoms with Gasteiger partial charge in [0.2, 0.25) is 0 Å². The van der Waals surface area contributed by atoms with Crippen LogP contribution in [0.3, 0.4) is 0 Å². The van der Waals surface area contributed by atoms with Gasteiger partial charge in [-0.15, -0.1) is 0 Å². The zero-order chi connectivity index (χ0) is 12.7. The number of benzene rings is 1. The molecular weight excluding hydrogens is 242 g/mol. The predicted molar refractivity (Wildman–Crippen MR) is 66.2 cm³/mol. The molecule has 1 N–H and O–H groups in total. The molecule has 5 heteroatoms. The third-order valence-corrected chi connectivity index (χ3v) is 3.27. The molecule has 0 radical (unpaired) electrons. The first-order valence-electron chi connectivity index (χ1n) is 5.03. The van der Waals surface area contributed by atoms with Crippen LogP contribution in [0.4, 0.5) is 0 Å². The van der Waals surface area contributed by atoms with E-state index in [1.54, 1.807) is 19.1 Å². The number of carbonyl (C=O) groups is 1. The van der Waals surface area contributed by atoms with E-state index in [1.807, 2.05) is 11.6 Å². The molecule has 0 atom stereocenters. The van der Waals surface area contributed by atoms with Gasteiger partial charge in [-0.1, -0.05) is 11.6 Å². The van der Waals surface area contributed by atoms with Crippen molar-refractivity contribution in [2.75, 3.05) is 7.11 Å². The lowest BCUT2D eigenvalue weighted by Crippen LogP contribution is -1.99. The molecule has 0 aliphatic carbocycles. The minimum absolute atomic E-state index is 0.289. The Morgan fingerprint density at radius 3 is 2.65 bits per heavy atom. The number of rotatable bonds is 2.